The molecule has 1 aromatic carbocycles. The van der Waals surface area contributed by atoms with E-state index in [1.807, 2.05) is 6.07 Å². The van der Waals surface area contributed by atoms with Crippen molar-refractivity contribution in [3.63, 3.8) is 0 Å². The second kappa shape index (κ2) is 5.05. The summed E-state index contributed by atoms with van der Waals surface area (Å²) in [5.41, 5.74) is 6.52. The number of nitrogens with zero attached hydrogens (tertiary/aromatic N) is 2. The van der Waals surface area contributed by atoms with Crippen LogP contribution < -0.4 is 5.73 Å². The maximum absolute atomic E-state index is 12.7. The zero-order valence-electron chi connectivity index (χ0n) is 8.43. The first-order chi connectivity index (χ1) is 7.79. The number of benzene rings is 1. The lowest BCUT2D eigenvalue weighted by Gasteiger charge is -2.04. The van der Waals surface area contributed by atoms with Crippen LogP contribution in [-0.4, -0.2) is 10.2 Å². The van der Waals surface area contributed by atoms with E-state index in [1.165, 1.54) is 23.9 Å². The average Bonchev–Trinajstić information content (AvgIpc) is 2.33. The first-order valence-electron chi connectivity index (χ1n) is 4.73. The molecule has 0 saturated carbocycles. The molecule has 1 aromatic heterocycles. The molecular formula is C11H10FN3S. The Morgan fingerprint density at radius 3 is 2.62 bits per heavy atom. The van der Waals surface area contributed by atoms with Crippen molar-refractivity contribution in [3.05, 3.63) is 47.9 Å². The minimum atomic E-state index is -0.248. The first kappa shape index (κ1) is 11.0. The fraction of sp³-hybridized carbons (Fsp3) is 0.0909. The molecule has 0 spiro atoms. The lowest BCUT2D eigenvalue weighted by Crippen LogP contribution is -2.00. The Bertz CT molecular complexity index is 473. The molecule has 0 aliphatic heterocycles. The molecule has 2 rings (SSSR count). The van der Waals surface area contributed by atoms with Crippen LogP contribution in [0.2, 0.25) is 0 Å². The Morgan fingerprint density at radius 1 is 1.19 bits per heavy atom. The summed E-state index contributed by atoms with van der Waals surface area (Å²) in [6.07, 6.45) is 1.61. The van der Waals surface area contributed by atoms with Crippen molar-refractivity contribution in [1.82, 2.24) is 10.2 Å². The molecule has 0 aliphatic carbocycles. The van der Waals surface area contributed by atoms with Crippen molar-refractivity contribution in [2.45, 2.75) is 16.5 Å². The molecule has 3 nitrogen and oxygen atoms in total. The molecule has 0 amide bonds. The molecule has 2 aromatic rings. The van der Waals surface area contributed by atoms with Crippen LogP contribution in [0.1, 0.15) is 5.56 Å². The van der Waals surface area contributed by atoms with E-state index in [4.69, 9.17) is 5.73 Å². The highest BCUT2D eigenvalue weighted by molar-refractivity contribution is 7.99. The van der Waals surface area contributed by atoms with Gasteiger partial charge in [-0.15, -0.1) is 5.10 Å². The van der Waals surface area contributed by atoms with E-state index in [-0.39, 0.29) is 5.82 Å². The smallest absolute Gasteiger partial charge is 0.128 e. The van der Waals surface area contributed by atoms with Crippen molar-refractivity contribution < 1.29 is 4.39 Å². The SMILES string of the molecule is NCc1ccnnc1Sc1ccc(F)cc1. The number of halogens is 1. The molecule has 0 radical (unpaired) electrons. The van der Waals surface area contributed by atoms with Gasteiger partial charge in [0.1, 0.15) is 10.8 Å². The Kier molecular flexibility index (Phi) is 3.48. The van der Waals surface area contributed by atoms with Crippen LogP contribution in [-0.2, 0) is 6.54 Å². The van der Waals surface area contributed by atoms with Gasteiger partial charge < -0.3 is 5.73 Å². The van der Waals surface area contributed by atoms with Crippen LogP contribution >= 0.6 is 11.8 Å². The fourth-order valence-corrected chi connectivity index (χ4v) is 2.07. The summed E-state index contributed by atoms with van der Waals surface area (Å²) in [5, 5.41) is 8.57. The number of nitrogens with two attached hydrogens (primary N) is 1. The van der Waals surface area contributed by atoms with E-state index < -0.39 is 0 Å². The van der Waals surface area contributed by atoms with Crippen LogP contribution in [0.5, 0.6) is 0 Å². The Balaban J connectivity index is 2.23. The molecule has 0 atom stereocenters. The second-order valence-corrected chi connectivity index (χ2v) is 4.18. The minimum Gasteiger partial charge on any atom is -0.326 e. The van der Waals surface area contributed by atoms with Gasteiger partial charge in [-0.2, -0.15) is 5.10 Å². The van der Waals surface area contributed by atoms with Gasteiger partial charge in [-0.25, -0.2) is 4.39 Å². The number of aromatic nitrogens is 2. The van der Waals surface area contributed by atoms with Crippen LogP contribution in [0.25, 0.3) is 0 Å². The summed E-state index contributed by atoms with van der Waals surface area (Å²) >= 11 is 1.43. The number of rotatable bonds is 3. The van der Waals surface area contributed by atoms with Gasteiger partial charge in [0.2, 0.25) is 0 Å². The van der Waals surface area contributed by atoms with Gasteiger partial charge in [-0.1, -0.05) is 11.8 Å². The zero-order valence-corrected chi connectivity index (χ0v) is 9.25. The van der Waals surface area contributed by atoms with Crippen molar-refractivity contribution in [2.75, 3.05) is 0 Å². The van der Waals surface area contributed by atoms with E-state index in [1.54, 1.807) is 18.3 Å². The average molecular weight is 235 g/mol. The van der Waals surface area contributed by atoms with Gasteiger partial charge in [0.25, 0.3) is 0 Å². The van der Waals surface area contributed by atoms with E-state index in [9.17, 15) is 4.39 Å². The molecular weight excluding hydrogens is 225 g/mol. The summed E-state index contributed by atoms with van der Waals surface area (Å²) in [7, 11) is 0. The number of hydrogen-bond donors (Lipinski definition) is 1. The summed E-state index contributed by atoms with van der Waals surface area (Å²) in [6.45, 7) is 0.416. The Labute approximate surface area is 96.9 Å². The van der Waals surface area contributed by atoms with Gasteiger partial charge in [-0.3, -0.25) is 0 Å². The third-order valence-corrected chi connectivity index (χ3v) is 3.06. The monoisotopic (exact) mass is 235 g/mol. The highest BCUT2D eigenvalue weighted by Gasteiger charge is 2.04. The van der Waals surface area contributed by atoms with E-state index in [0.29, 0.717) is 6.54 Å². The topological polar surface area (TPSA) is 51.8 Å². The summed E-state index contributed by atoms with van der Waals surface area (Å²) in [4.78, 5) is 0.914. The second-order valence-electron chi connectivity index (χ2n) is 3.12. The van der Waals surface area contributed by atoms with Gasteiger partial charge in [0.15, 0.2) is 0 Å². The standard InChI is InChI=1S/C11H10FN3S/c12-9-1-3-10(4-2-9)16-11-8(7-13)5-6-14-15-11/h1-6H,7,13H2. The summed E-state index contributed by atoms with van der Waals surface area (Å²) in [6, 6.07) is 8.07. The van der Waals surface area contributed by atoms with Crippen LogP contribution in [0.4, 0.5) is 4.39 Å². The predicted molar refractivity (Wildman–Crippen MR) is 60.4 cm³/mol. The molecule has 0 bridgehead atoms. The molecule has 1 heterocycles. The van der Waals surface area contributed by atoms with E-state index in [0.717, 1.165) is 15.5 Å². The van der Waals surface area contributed by atoms with Gasteiger partial charge >= 0.3 is 0 Å². The van der Waals surface area contributed by atoms with Crippen molar-refractivity contribution in [2.24, 2.45) is 5.73 Å². The van der Waals surface area contributed by atoms with Crippen LogP contribution in [0, 0.1) is 5.82 Å². The van der Waals surface area contributed by atoms with Gasteiger partial charge in [0, 0.05) is 23.2 Å². The maximum Gasteiger partial charge on any atom is 0.128 e. The predicted octanol–water partition coefficient (Wildman–Crippen LogP) is 2.23. The van der Waals surface area contributed by atoms with Crippen molar-refractivity contribution in [3.8, 4) is 0 Å². The zero-order chi connectivity index (χ0) is 11.4. The molecule has 0 aliphatic rings. The third-order valence-electron chi connectivity index (χ3n) is 2.01. The molecule has 16 heavy (non-hydrogen) atoms. The maximum atomic E-state index is 12.7. The van der Waals surface area contributed by atoms with E-state index in [2.05, 4.69) is 10.2 Å². The van der Waals surface area contributed by atoms with Crippen LogP contribution in [0.3, 0.4) is 0 Å². The fourth-order valence-electron chi connectivity index (χ4n) is 1.20. The summed E-state index contributed by atoms with van der Waals surface area (Å²) < 4.78 is 12.7. The van der Waals surface area contributed by atoms with Gasteiger partial charge in [-0.05, 0) is 30.3 Å². The molecule has 5 heteroatoms. The van der Waals surface area contributed by atoms with Crippen LogP contribution in [0.15, 0.2) is 46.5 Å². The molecule has 0 fully saturated rings. The highest BCUT2D eigenvalue weighted by Crippen LogP contribution is 2.27. The lowest BCUT2D eigenvalue weighted by molar-refractivity contribution is 0.626. The van der Waals surface area contributed by atoms with Gasteiger partial charge in [0.05, 0.1) is 0 Å². The molecule has 0 unspecified atom stereocenters. The minimum absolute atomic E-state index is 0.248. The van der Waals surface area contributed by atoms with Crippen molar-refractivity contribution in [1.29, 1.82) is 0 Å². The Morgan fingerprint density at radius 2 is 1.94 bits per heavy atom. The van der Waals surface area contributed by atoms with Crippen molar-refractivity contribution >= 4 is 11.8 Å². The molecule has 2 N–H and O–H groups in total. The summed E-state index contributed by atoms with van der Waals surface area (Å²) in [5.74, 6) is -0.248. The lowest BCUT2D eigenvalue weighted by atomic mass is 10.3. The molecule has 0 saturated heterocycles. The first-order valence-corrected chi connectivity index (χ1v) is 5.55. The highest BCUT2D eigenvalue weighted by atomic mass is 32.2. The normalized spacial score (nSPS) is 10.4. The Hall–Kier alpha value is -1.46. The number of hydrogen-bond acceptors (Lipinski definition) is 4. The largest absolute Gasteiger partial charge is 0.326 e. The van der Waals surface area contributed by atoms with E-state index >= 15 is 0 Å². The molecule has 82 valence electrons. The quantitative estimate of drug-likeness (QED) is 0.886. The third kappa shape index (κ3) is 2.56.